The monoisotopic (exact) mass is 262 g/mol. The Morgan fingerprint density at radius 3 is 2.84 bits per heavy atom. The van der Waals surface area contributed by atoms with Crippen LogP contribution in [0.25, 0.3) is 0 Å². The van der Waals surface area contributed by atoms with Crippen molar-refractivity contribution in [2.45, 2.75) is 37.6 Å². The predicted molar refractivity (Wildman–Crippen MR) is 74.3 cm³/mol. The Balaban J connectivity index is 1.50. The highest BCUT2D eigenvalue weighted by Crippen LogP contribution is 2.32. The Morgan fingerprint density at radius 2 is 2.16 bits per heavy atom. The Labute approximate surface area is 114 Å². The van der Waals surface area contributed by atoms with Gasteiger partial charge in [-0.15, -0.1) is 5.10 Å². The molecule has 1 saturated carbocycles. The molecule has 2 heterocycles. The summed E-state index contributed by atoms with van der Waals surface area (Å²) in [5, 5.41) is 15.4. The first kappa shape index (κ1) is 12.8. The third-order valence-corrected chi connectivity index (χ3v) is 3.99. The van der Waals surface area contributed by atoms with Crippen molar-refractivity contribution in [3.63, 3.8) is 0 Å². The minimum atomic E-state index is 0.366. The first-order chi connectivity index (χ1) is 9.42. The lowest BCUT2D eigenvalue weighted by atomic mass is 10.0. The van der Waals surface area contributed by atoms with Crippen molar-refractivity contribution in [2.75, 3.05) is 31.6 Å². The molecule has 2 fully saturated rings. The summed E-state index contributed by atoms with van der Waals surface area (Å²) in [6.07, 6.45) is 5.20. The molecule has 1 aromatic rings. The molecule has 1 aromatic heterocycles. The van der Waals surface area contributed by atoms with Crippen molar-refractivity contribution in [1.82, 2.24) is 15.5 Å². The van der Waals surface area contributed by atoms with Crippen LogP contribution in [-0.2, 0) is 4.74 Å². The van der Waals surface area contributed by atoms with E-state index in [0.29, 0.717) is 12.0 Å². The minimum Gasteiger partial charge on any atom is -0.378 e. The van der Waals surface area contributed by atoms with E-state index in [-0.39, 0.29) is 0 Å². The quantitative estimate of drug-likeness (QED) is 0.862. The highest BCUT2D eigenvalue weighted by Gasteiger charge is 2.18. The average molecular weight is 262 g/mol. The summed E-state index contributed by atoms with van der Waals surface area (Å²) in [7, 11) is 0. The van der Waals surface area contributed by atoms with E-state index in [2.05, 4.69) is 26.9 Å². The second kappa shape index (κ2) is 6.30. The van der Waals surface area contributed by atoms with Gasteiger partial charge in [-0.1, -0.05) is 12.8 Å². The molecule has 1 atom stereocenters. The largest absolute Gasteiger partial charge is 0.378 e. The highest BCUT2D eigenvalue weighted by molar-refractivity contribution is 5.33. The molecule has 1 aliphatic carbocycles. The molecule has 1 saturated heterocycles. The molecular formula is C14H22N4O. The molecule has 0 spiro atoms. The van der Waals surface area contributed by atoms with Crippen molar-refractivity contribution in [3.05, 3.63) is 17.8 Å². The summed E-state index contributed by atoms with van der Waals surface area (Å²) in [4.78, 5) is 0. The minimum absolute atomic E-state index is 0.366. The lowest BCUT2D eigenvalue weighted by molar-refractivity contribution is 0.0806. The molecule has 3 rings (SSSR count). The molecule has 0 radical (unpaired) electrons. The van der Waals surface area contributed by atoms with Gasteiger partial charge in [0.2, 0.25) is 0 Å². The van der Waals surface area contributed by atoms with Gasteiger partial charge in [0.1, 0.15) is 5.82 Å². The maximum atomic E-state index is 5.42. The van der Waals surface area contributed by atoms with Crippen LogP contribution in [0, 0.1) is 0 Å². The van der Waals surface area contributed by atoms with E-state index < -0.39 is 0 Å². The number of morpholine rings is 1. The second-order valence-electron chi connectivity index (χ2n) is 5.43. The third kappa shape index (κ3) is 3.42. The molecule has 0 bridgehead atoms. The van der Waals surface area contributed by atoms with Crippen LogP contribution in [-0.4, -0.2) is 42.5 Å². The molecule has 1 aliphatic heterocycles. The molecule has 0 aromatic carbocycles. The van der Waals surface area contributed by atoms with Crippen LogP contribution >= 0.6 is 0 Å². The van der Waals surface area contributed by atoms with E-state index in [1.165, 1.54) is 25.7 Å². The summed E-state index contributed by atoms with van der Waals surface area (Å²) in [5.74, 6) is 1.49. The molecule has 5 nitrogen and oxygen atoms in total. The number of nitrogens with zero attached hydrogens (tertiary/aromatic N) is 2. The Bertz CT molecular complexity index is 383. The number of hydrogen-bond acceptors (Lipinski definition) is 5. The zero-order chi connectivity index (χ0) is 12.9. The fraction of sp³-hybridized carbons (Fsp3) is 0.714. The van der Waals surface area contributed by atoms with E-state index in [1.54, 1.807) is 0 Å². The summed E-state index contributed by atoms with van der Waals surface area (Å²) < 4.78 is 5.42. The molecule has 5 heteroatoms. The second-order valence-corrected chi connectivity index (χ2v) is 5.43. The van der Waals surface area contributed by atoms with Crippen LogP contribution in [0.4, 0.5) is 5.82 Å². The molecule has 104 valence electrons. The Morgan fingerprint density at radius 1 is 1.26 bits per heavy atom. The van der Waals surface area contributed by atoms with Gasteiger partial charge in [0.15, 0.2) is 0 Å². The summed E-state index contributed by atoms with van der Waals surface area (Å²) >= 11 is 0. The number of ether oxygens (including phenoxy) is 1. The molecular weight excluding hydrogens is 240 g/mol. The Hall–Kier alpha value is -1.20. The van der Waals surface area contributed by atoms with Gasteiger partial charge in [-0.2, -0.15) is 5.10 Å². The van der Waals surface area contributed by atoms with E-state index in [4.69, 9.17) is 4.74 Å². The van der Waals surface area contributed by atoms with Crippen LogP contribution in [0.15, 0.2) is 12.1 Å². The van der Waals surface area contributed by atoms with Crippen LogP contribution in [0.2, 0.25) is 0 Å². The van der Waals surface area contributed by atoms with Gasteiger partial charge < -0.3 is 15.4 Å². The molecule has 1 unspecified atom stereocenters. The van der Waals surface area contributed by atoms with Gasteiger partial charge >= 0.3 is 0 Å². The predicted octanol–water partition coefficient (Wildman–Crippen LogP) is 1.53. The SMILES string of the molecule is c1cc(C2CCCC2)nnc1NCC1COCCN1. The highest BCUT2D eigenvalue weighted by atomic mass is 16.5. The normalized spacial score (nSPS) is 24.5. The Kier molecular flexibility index (Phi) is 4.25. The van der Waals surface area contributed by atoms with Crippen LogP contribution in [0.5, 0.6) is 0 Å². The van der Waals surface area contributed by atoms with Gasteiger partial charge in [-0.25, -0.2) is 0 Å². The van der Waals surface area contributed by atoms with E-state index in [0.717, 1.165) is 37.8 Å². The molecule has 0 amide bonds. The van der Waals surface area contributed by atoms with Crippen molar-refractivity contribution < 1.29 is 4.74 Å². The van der Waals surface area contributed by atoms with Gasteiger partial charge in [-0.05, 0) is 25.0 Å². The van der Waals surface area contributed by atoms with Crippen molar-refractivity contribution in [2.24, 2.45) is 0 Å². The molecule has 2 aliphatic rings. The first-order valence-corrected chi connectivity index (χ1v) is 7.30. The lowest BCUT2D eigenvalue weighted by Crippen LogP contribution is -2.45. The van der Waals surface area contributed by atoms with Gasteiger partial charge in [0, 0.05) is 25.0 Å². The fourth-order valence-corrected chi connectivity index (χ4v) is 2.85. The van der Waals surface area contributed by atoms with Crippen molar-refractivity contribution >= 4 is 5.82 Å². The fourth-order valence-electron chi connectivity index (χ4n) is 2.85. The average Bonchev–Trinajstić information content (AvgIpc) is 3.01. The van der Waals surface area contributed by atoms with E-state index >= 15 is 0 Å². The van der Waals surface area contributed by atoms with Gasteiger partial charge in [0.25, 0.3) is 0 Å². The zero-order valence-corrected chi connectivity index (χ0v) is 11.3. The number of hydrogen-bond donors (Lipinski definition) is 2. The zero-order valence-electron chi connectivity index (χ0n) is 11.3. The summed E-state index contributed by atoms with van der Waals surface area (Å²) in [6, 6.07) is 4.53. The number of anilines is 1. The van der Waals surface area contributed by atoms with Crippen LogP contribution in [0.3, 0.4) is 0 Å². The first-order valence-electron chi connectivity index (χ1n) is 7.30. The summed E-state index contributed by atoms with van der Waals surface area (Å²) in [6.45, 7) is 3.34. The van der Waals surface area contributed by atoms with Gasteiger partial charge in [0.05, 0.1) is 18.9 Å². The van der Waals surface area contributed by atoms with Crippen molar-refractivity contribution in [1.29, 1.82) is 0 Å². The maximum absolute atomic E-state index is 5.42. The van der Waals surface area contributed by atoms with Crippen molar-refractivity contribution in [3.8, 4) is 0 Å². The molecule has 2 N–H and O–H groups in total. The van der Waals surface area contributed by atoms with E-state index in [9.17, 15) is 0 Å². The van der Waals surface area contributed by atoms with Crippen LogP contribution in [0.1, 0.15) is 37.3 Å². The number of aromatic nitrogens is 2. The number of rotatable bonds is 4. The lowest BCUT2D eigenvalue weighted by Gasteiger charge is -2.24. The number of nitrogens with one attached hydrogen (secondary N) is 2. The molecule has 19 heavy (non-hydrogen) atoms. The standard InChI is InChI=1S/C14H22N4O/c1-2-4-11(3-1)13-5-6-14(18-17-13)16-9-12-10-19-8-7-15-12/h5-6,11-12,15H,1-4,7-10H2,(H,16,18). The van der Waals surface area contributed by atoms with Gasteiger partial charge in [-0.3, -0.25) is 0 Å². The van der Waals surface area contributed by atoms with E-state index in [1.807, 2.05) is 6.07 Å². The van der Waals surface area contributed by atoms with Crippen LogP contribution < -0.4 is 10.6 Å². The maximum Gasteiger partial charge on any atom is 0.148 e. The third-order valence-electron chi connectivity index (χ3n) is 3.99. The topological polar surface area (TPSA) is 59.1 Å². The summed E-state index contributed by atoms with van der Waals surface area (Å²) in [5.41, 5.74) is 1.15. The smallest absolute Gasteiger partial charge is 0.148 e.